The van der Waals surface area contributed by atoms with Crippen molar-refractivity contribution in [2.24, 2.45) is 0 Å². The highest BCUT2D eigenvalue weighted by atomic mass is 32.2. The first kappa shape index (κ1) is 16.3. The summed E-state index contributed by atoms with van der Waals surface area (Å²) in [5.41, 5.74) is 2.03. The molecule has 24 heavy (non-hydrogen) atoms. The molecule has 6 heteroatoms. The first-order valence-electron chi connectivity index (χ1n) is 7.66. The molecule has 122 valence electrons. The van der Waals surface area contributed by atoms with Crippen LogP contribution in [-0.2, 0) is 4.79 Å². The molecule has 5 nitrogen and oxygen atoms in total. The molecule has 1 atom stereocenters. The van der Waals surface area contributed by atoms with Crippen LogP contribution in [0.2, 0.25) is 0 Å². The van der Waals surface area contributed by atoms with Crippen LogP contribution in [0.5, 0.6) is 0 Å². The van der Waals surface area contributed by atoms with Gasteiger partial charge in [-0.15, -0.1) is 5.10 Å². The van der Waals surface area contributed by atoms with Gasteiger partial charge in [-0.1, -0.05) is 60.3 Å². The van der Waals surface area contributed by atoms with E-state index in [9.17, 15) is 4.79 Å². The third kappa shape index (κ3) is 4.23. The average molecular weight is 338 g/mol. The molecule has 1 heterocycles. The molecule has 0 fully saturated rings. The number of nitrogens with one attached hydrogen (secondary N) is 1. The average Bonchev–Trinajstić information content (AvgIpc) is 3.10. The summed E-state index contributed by atoms with van der Waals surface area (Å²) in [6, 6.07) is 19.6. The molecule has 0 aliphatic heterocycles. The summed E-state index contributed by atoms with van der Waals surface area (Å²) >= 11 is 1.33. The van der Waals surface area contributed by atoms with Gasteiger partial charge in [0.1, 0.15) is 6.33 Å². The molecule has 3 rings (SSSR count). The van der Waals surface area contributed by atoms with Crippen molar-refractivity contribution in [3.8, 4) is 5.69 Å². The number of thioether (sulfide) groups is 1. The minimum absolute atomic E-state index is 0.0193. The highest BCUT2D eigenvalue weighted by Crippen LogP contribution is 2.15. The molecular weight excluding hydrogens is 320 g/mol. The van der Waals surface area contributed by atoms with Crippen LogP contribution in [0.3, 0.4) is 0 Å². The van der Waals surface area contributed by atoms with Crippen LogP contribution in [0.4, 0.5) is 0 Å². The van der Waals surface area contributed by atoms with Crippen molar-refractivity contribution < 1.29 is 4.79 Å². The van der Waals surface area contributed by atoms with E-state index in [4.69, 9.17) is 0 Å². The SMILES string of the molecule is CC(NC(=O)CSc1ncn(-c2ccccc2)n1)c1ccccc1. The van der Waals surface area contributed by atoms with Crippen molar-refractivity contribution in [2.45, 2.75) is 18.1 Å². The molecule has 1 unspecified atom stereocenters. The number of hydrogen-bond acceptors (Lipinski definition) is 4. The van der Waals surface area contributed by atoms with Crippen molar-refractivity contribution in [1.82, 2.24) is 20.1 Å². The summed E-state index contributed by atoms with van der Waals surface area (Å²) in [4.78, 5) is 16.3. The van der Waals surface area contributed by atoms with Gasteiger partial charge in [0, 0.05) is 0 Å². The second-order valence-corrected chi connectivity index (χ2v) is 6.24. The molecule has 0 spiro atoms. The molecule has 0 radical (unpaired) electrons. The first-order valence-corrected chi connectivity index (χ1v) is 8.65. The van der Waals surface area contributed by atoms with E-state index in [1.807, 2.05) is 67.6 Å². The van der Waals surface area contributed by atoms with Crippen LogP contribution in [-0.4, -0.2) is 26.4 Å². The Morgan fingerprint density at radius 3 is 2.50 bits per heavy atom. The zero-order chi connectivity index (χ0) is 16.8. The lowest BCUT2D eigenvalue weighted by Gasteiger charge is -2.13. The Hall–Kier alpha value is -2.60. The molecule has 0 saturated carbocycles. The third-order valence-electron chi connectivity index (χ3n) is 3.50. The monoisotopic (exact) mass is 338 g/mol. The van der Waals surface area contributed by atoms with E-state index in [-0.39, 0.29) is 17.7 Å². The van der Waals surface area contributed by atoms with Gasteiger partial charge in [0.05, 0.1) is 17.5 Å². The van der Waals surface area contributed by atoms with Gasteiger partial charge in [0.2, 0.25) is 11.1 Å². The van der Waals surface area contributed by atoms with Crippen LogP contribution in [0.1, 0.15) is 18.5 Å². The summed E-state index contributed by atoms with van der Waals surface area (Å²) in [7, 11) is 0. The fraction of sp³-hybridized carbons (Fsp3) is 0.167. The maximum atomic E-state index is 12.1. The second-order valence-electron chi connectivity index (χ2n) is 5.30. The molecule has 1 amide bonds. The van der Waals surface area contributed by atoms with E-state index in [1.165, 1.54) is 11.8 Å². The molecule has 0 aliphatic carbocycles. The van der Waals surface area contributed by atoms with Crippen molar-refractivity contribution in [1.29, 1.82) is 0 Å². The van der Waals surface area contributed by atoms with E-state index in [0.717, 1.165) is 11.3 Å². The molecule has 2 aromatic carbocycles. The zero-order valence-electron chi connectivity index (χ0n) is 13.3. The quantitative estimate of drug-likeness (QED) is 0.701. The van der Waals surface area contributed by atoms with Crippen molar-refractivity contribution in [3.63, 3.8) is 0 Å². The van der Waals surface area contributed by atoms with Gasteiger partial charge >= 0.3 is 0 Å². The largest absolute Gasteiger partial charge is 0.349 e. The Morgan fingerprint density at radius 2 is 1.79 bits per heavy atom. The summed E-state index contributed by atoms with van der Waals surface area (Å²) in [5.74, 6) is 0.253. The predicted molar refractivity (Wildman–Crippen MR) is 95.1 cm³/mol. The number of para-hydroxylation sites is 1. The molecule has 1 aromatic heterocycles. The topological polar surface area (TPSA) is 59.8 Å². The molecule has 0 aliphatic rings. The van der Waals surface area contributed by atoms with E-state index >= 15 is 0 Å². The maximum absolute atomic E-state index is 12.1. The third-order valence-corrected chi connectivity index (χ3v) is 4.35. The fourth-order valence-corrected chi connectivity index (χ4v) is 2.87. The smallest absolute Gasteiger partial charge is 0.230 e. The van der Waals surface area contributed by atoms with Gasteiger partial charge < -0.3 is 5.32 Å². The molecular formula is C18H18N4OS. The number of benzene rings is 2. The number of amides is 1. The van der Waals surface area contributed by atoms with Crippen LogP contribution < -0.4 is 5.32 Å². The van der Waals surface area contributed by atoms with E-state index in [0.29, 0.717) is 5.16 Å². The Morgan fingerprint density at radius 1 is 1.12 bits per heavy atom. The Kier molecular flexibility index (Phi) is 5.28. The summed E-state index contributed by atoms with van der Waals surface area (Å²) < 4.78 is 1.70. The summed E-state index contributed by atoms with van der Waals surface area (Å²) in [6.45, 7) is 1.97. The number of rotatable bonds is 6. The zero-order valence-corrected chi connectivity index (χ0v) is 14.1. The highest BCUT2D eigenvalue weighted by molar-refractivity contribution is 7.99. The van der Waals surface area contributed by atoms with Gasteiger partial charge in [0.15, 0.2) is 0 Å². The molecule has 1 N–H and O–H groups in total. The second kappa shape index (κ2) is 7.79. The van der Waals surface area contributed by atoms with Gasteiger partial charge in [0.25, 0.3) is 0 Å². The lowest BCUT2D eigenvalue weighted by molar-refractivity contribution is -0.119. The van der Waals surface area contributed by atoms with Crippen LogP contribution in [0.25, 0.3) is 5.69 Å². The van der Waals surface area contributed by atoms with Gasteiger partial charge in [-0.05, 0) is 24.6 Å². The Balaban J connectivity index is 1.53. The fourth-order valence-electron chi connectivity index (χ4n) is 2.26. The lowest BCUT2D eigenvalue weighted by Crippen LogP contribution is -2.28. The maximum Gasteiger partial charge on any atom is 0.230 e. The standard InChI is InChI=1S/C18H18N4OS/c1-14(15-8-4-2-5-9-15)20-17(23)12-24-18-19-13-22(21-18)16-10-6-3-7-11-16/h2-11,13-14H,12H2,1H3,(H,20,23). The van der Waals surface area contributed by atoms with Crippen molar-refractivity contribution >= 4 is 17.7 Å². The van der Waals surface area contributed by atoms with Crippen LogP contribution in [0.15, 0.2) is 72.1 Å². The number of nitrogens with zero attached hydrogens (tertiary/aromatic N) is 3. The van der Waals surface area contributed by atoms with Gasteiger partial charge in [-0.2, -0.15) is 0 Å². The predicted octanol–water partition coefficient (Wildman–Crippen LogP) is 3.24. The van der Waals surface area contributed by atoms with E-state index < -0.39 is 0 Å². The number of hydrogen-bond donors (Lipinski definition) is 1. The van der Waals surface area contributed by atoms with Crippen LogP contribution in [0, 0.1) is 0 Å². The van der Waals surface area contributed by atoms with E-state index in [1.54, 1.807) is 11.0 Å². The number of carbonyl (C=O) groups excluding carboxylic acids is 1. The Labute approximate surface area is 145 Å². The molecule has 3 aromatic rings. The molecule has 0 saturated heterocycles. The number of carbonyl (C=O) groups is 1. The normalized spacial score (nSPS) is 11.9. The molecule has 0 bridgehead atoms. The van der Waals surface area contributed by atoms with Gasteiger partial charge in [-0.3, -0.25) is 4.79 Å². The first-order chi connectivity index (χ1) is 11.7. The lowest BCUT2D eigenvalue weighted by atomic mass is 10.1. The van der Waals surface area contributed by atoms with Crippen LogP contribution >= 0.6 is 11.8 Å². The number of aromatic nitrogens is 3. The minimum atomic E-state index is -0.0348. The Bertz CT molecular complexity index is 789. The summed E-state index contributed by atoms with van der Waals surface area (Å²) in [5, 5.41) is 7.95. The summed E-state index contributed by atoms with van der Waals surface area (Å²) in [6.07, 6.45) is 1.65. The minimum Gasteiger partial charge on any atom is -0.349 e. The highest BCUT2D eigenvalue weighted by Gasteiger charge is 2.11. The van der Waals surface area contributed by atoms with Crippen molar-refractivity contribution in [2.75, 3.05) is 5.75 Å². The van der Waals surface area contributed by atoms with Gasteiger partial charge in [-0.25, -0.2) is 9.67 Å². The van der Waals surface area contributed by atoms with Crippen molar-refractivity contribution in [3.05, 3.63) is 72.6 Å². The van der Waals surface area contributed by atoms with E-state index in [2.05, 4.69) is 15.4 Å².